The zero-order chi connectivity index (χ0) is 4.50. The van der Waals surface area contributed by atoms with Crippen LogP contribution in [-0.2, 0) is 0 Å². The minimum absolute atomic E-state index is 0. The van der Waals surface area contributed by atoms with Crippen molar-refractivity contribution in [2.24, 2.45) is 0 Å². The summed E-state index contributed by atoms with van der Waals surface area (Å²) in [6, 6.07) is 0. The van der Waals surface area contributed by atoms with Gasteiger partial charge in [0.1, 0.15) is 0 Å². The largest absolute Gasteiger partial charge is 3.00 e. The normalized spacial score (nSPS) is 8.57. The van der Waals surface area contributed by atoms with E-state index in [1.807, 2.05) is 0 Å². The summed E-state index contributed by atoms with van der Waals surface area (Å²) in [5.41, 5.74) is 0. The molecule has 0 atom stereocenters. The first-order chi connectivity index (χ1) is 2.00. The van der Waals surface area contributed by atoms with Gasteiger partial charge in [0.25, 0.3) is 0 Å². The van der Waals surface area contributed by atoms with E-state index in [1.54, 1.807) is 0 Å². The molecule has 0 heterocycles. The van der Waals surface area contributed by atoms with Gasteiger partial charge in [0, 0.05) is 0 Å². The maximum Gasteiger partial charge on any atom is 3.00 e. The van der Waals surface area contributed by atoms with Crippen LogP contribution in [0.1, 0.15) is 0 Å². The zero-order valence-electron chi connectivity index (χ0n) is 3.44. The summed E-state index contributed by atoms with van der Waals surface area (Å²) < 4.78 is 0. The molecule has 0 aliphatic heterocycles. The third kappa shape index (κ3) is 127. The van der Waals surface area contributed by atoms with Crippen LogP contribution in [0.5, 0.6) is 0 Å². The predicted molar refractivity (Wildman–Crippen MR) is 27.3 cm³/mol. The molecule has 4 N–H and O–H groups in total. The average molecular weight is 151 g/mol. The van der Waals surface area contributed by atoms with Crippen molar-refractivity contribution in [1.82, 2.24) is 0 Å². The van der Waals surface area contributed by atoms with Crippen LogP contribution in [0.3, 0.4) is 0 Å². The van der Waals surface area contributed by atoms with Gasteiger partial charge in [-0.1, -0.05) is 0 Å². The fourth-order valence-corrected chi connectivity index (χ4v) is 0. The Bertz CT molecular complexity index is 27.2. The van der Waals surface area contributed by atoms with Crippen LogP contribution in [0.4, 0.5) is 0 Å². The van der Waals surface area contributed by atoms with Gasteiger partial charge in [0.15, 0.2) is 0 Å². The van der Waals surface area contributed by atoms with Crippen molar-refractivity contribution in [2.45, 2.75) is 0 Å². The van der Waals surface area contributed by atoms with Crippen molar-refractivity contribution in [3.05, 3.63) is 0 Å². The molecule has 7 heteroatoms. The second-order valence-electron chi connectivity index (χ2n) is 0.600. The standard InChI is InChI=1S/Mg.H4O4Si.P/c;1-5(2,3)4;/h;1-4H;/q+2;;+3. The first-order valence-corrected chi connectivity index (χ1v) is 2.68. The van der Waals surface area contributed by atoms with Gasteiger partial charge in [0.05, 0.1) is 0 Å². The first kappa shape index (κ1) is 15.7. The summed E-state index contributed by atoms with van der Waals surface area (Å²) in [5.74, 6) is 0. The summed E-state index contributed by atoms with van der Waals surface area (Å²) >= 11 is 0. The number of hydrogen-bond acceptors (Lipinski definition) is 4. The Kier molecular flexibility index (Phi) is 12.1. The average Bonchev–Trinajstić information content (AvgIpc) is 0.722. The Morgan fingerprint density at radius 3 is 0.857 bits per heavy atom. The van der Waals surface area contributed by atoms with Gasteiger partial charge in [-0.25, -0.2) is 0 Å². The van der Waals surface area contributed by atoms with Crippen LogP contribution in [-0.4, -0.2) is 51.3 Å². The van der Waals surface area contributed by atoms with E-state index in [-0.39, 0.29) is 33.0 Å². The fraction of sp³-hybridized carbons (Fsp3) is 0. The van der Waals surface area contributed by atoms with Crippen molar-refractivity contribution in [1.29, 1.82) is 0 Å². The van der Waals surface area contributed by atoms with E-state index < -0.39 is 9.05 Å². The molecule has 2 radical (unpaired) electrons. The third-order valence-corrected chi connectivity index (χ3v) is 0. The molecule has 0 saturated heterocycles. The van der Waals surface area contributed by atoms with Crippen molar-refractivity contribution >= 4 is 42.0 Å². The fourth-order valence-electron chi connectivity index (χ4n) is 0. The van der Waals surface area contributed by atoms with Crippen molar-refractivity contribution in [3.63, 3.8) is 0 Å². The minimum Gasteiger partial charge on any atom is -0.368 e. The molecule has 34 valence electrons. The Balaban J connectivity index is -0.0000000800. The van der Waals surface area contributed by atoms with E-state index in [2.05, 4.69) is 0 Å². The summed E-state index contributed by atoms with van der Waals surface area (Å²) in [6.45, 7) is 0. The van der Waals surface area contributed by atoms with E-state index in [0.29, 0.717) is 0 Å². The van der Waals surface area contributed by atoms with Gasteiger partial charge in [-0.05, 0) is 0 Å². The molecule has 0 bridgehead atoms. The summed E-state index contributed by atoms with van der Waals surface area (Å²) in [4.78, 5) is 29.3. The van der Waals surface area contributed by atoms with Gasteiger partial charge in [-0.3, -0.25) is 0 Å². The van der Waals surface area contributed by atoms with E-state index in [0.717, 1.165) is 0 Å². The van der Waals surface area contributed by atoms with Crippen LogP contribution < -0.4 is 0 Å². The maximum atomic E-state index is 7.33. The van der Waals surface area contributed by atoms with E-state index in [4.69, 9.17) is 19.2 Å². The van der Waals surface area contributed by atoms with Crippen LogP contribution >= 0.6 is 9.90 Å². The third-order valence-electron chi connectivity index (χ3n) is 0. The summed E-state index contributed by atoms with van der Waals surface area (Å²) in [6.07, 6.45) is 0. The molecule has 0 rings (SSSR count). The molecule has 7 heavy (non-hydrogen) atoms. The molecule has 0 amide bonds. The molecule has 0 aliphatic carbocycles. The van der Waals surface area contributed by atoms with E-state index >= 15 is 0 Å². The van der Waals surface area contributed by atoms with E-state index in [9.17, 15) is 0 Å². The smallest absolute Gasteiger partial charge is 0.368 e. The molecular weight excluding hydrogens is 147 g/mol. The van der Waals surface area contributed by atoms with E-state index in [1.165, 1.54) is 0 Å². The topological polar surface area (TPSA) is 80.9 Å². The Hall–Kier alpha value is 1.25. The molecule has 0 fully saturated rings. The summed E-state index contributed by atoms with van der Waals surface area (Å²) in [5, 5.41) is 0. The van der Waals surface area contributed by atoms with Gasteiger partial charge >= 0.3 is 42.0 Å². The molecule has 0 aromatic carbocycles. The van der Waals surface area contributed by atoms with Crippen LogP contribution in [0.25, 0.3) is 0 Å². The van der Waals surface area contributed by atoms with Crippen LogP contribution in [0.15, 0.2) is 0 Å². The van der Waals surface area contributed by atoms with Gasteiger partial charge in [-0.2, -0.15) is 0 Å². The zero-order valence-corrected chi connectivity index (χ0v) is 6.75. The Labute approximate surface area is 61.4 Å². The minimum atomic E-state index is -4.61. The van der Waals surface area contributed by atoms with Crippen LogP contribution in [0, 0.1) is 0 Å². The second kappa shape index (κ2) is 5.39. The predicted octanol–water partition coefficient (Wildman–Crippen LogP) is -2.13. The number of rotatable bonds is 0. The SMILES string of the molecule is O[Si](O)(O)O.[Mg+2].[P+3]. The maximum absolute atomic E-state index is 7.33. The van der Waals surface area contributed by atoms with Gasteiger partial charge < -0.3 is 19.2 Å². The van der Waals surface area contributed by atoms with Crippen molar-refractivity contribution in [3.8, 4) is 0 Å². The van der Waals surface area contributed by atoms with Gasteiger partial charge in [-0.15, -0.1) is 0 Å². The molecule has 4 nitrogen and oxygen atoms in total. The molecule has 0 saturated carbocycles. The van der Waals surface area contributed by atoms with Crippen LogP contribution in [0.2, 0.25) is 0 Å². The van der Waals surface area contributed by atoms with Gasteiger partial charge in [0.2, 0.25) is 0 Å². The quantitative estimate of drug-likeness (QED) is 0.236. The molecule has 0 aromatic rings. The molecule has 0 spiro atoms. The molecule has 0 unspecified atom stereocenters. The first-order valence-electron chi connectivity index (χ1n) is 0.894. The molecule has 0 aromatic heterocycles. The van der Waals surface area contributed by atoms with Crippen molar-refractivity contribution < 1.29 is 19.2 Å². The number of hydrogen-bond donors (Lipinski definition) is 4. The van der Waals surface area contributed by atoms with Crippen molar-refractivity contribution in [2.75, 3.05) is 0 Å². The molecule has 0 aliphatic rings. The Morgan fingerprint density at radius 1 is 0.857 bits per heavy atom. The Morgan fingerprint density at radius 2 is 0.857 bits per heavy atom. The molecular formula is H4MgO4PSi+5. The summed E-state index contributed by atoms with van der Waals surface area (Å²) in [7, 11) is -4.61. The monoisotopic (exact) mass is 151 g/mol. The second-order valence-corrected chi connectivity index (χ2v) is 1.80.